The maximum Gasteiger partial charge on any atom is 0.153 e. The molecule has 1 aliphatic heterocycles. The summed E-state index contributed by atoms with van der Waals surface area (Å²) in [5.41, 5.74) is 8.20. The topological polar surface area (TPSA) is 47.6 Å². The van der Waals surface area contributed by atoms with Crippen molar-refractivity contribution in [3.63, 3.8) is 0 Å². The van der Waals surface area contributed by atoms with E-state index in [9.17, 15) is 0 Å². The highest BCUT2D eigenvalue weighted by Crippen LogP contribution is 2.36. The Kier molecular flexibility index (Phi) is 1.90. The van der Waals surface area contributed by atoms with Crippen LogP contribution in [-0.4, -0.2) is 6.21 Å². The zero-order valence-corrected chi connectivity index (χ0v) is 8.55. The Morgan fingerprint density at radius 2 is 1.75 bits per heavy atom. The molecule has 2 aromatic rings. The van der Waals surface area contributed by atoms with Crippen molar-refractivity contribution in [1.29, 1.82) is 0 Å². The maximum atomic E-state index is 5.87. The normalized spacial score (nSPS) is 12.2. The van der Waals surface area contributed by atoms with Crippen LogP contribution in [0.5, 0.6) is 11.5 Å². The molecule has 0 atom stereocenters. The van der Waals surface area contributed by atoms with Crippen LogP contribution in [0, 0.1) is 0 Å². The minimum absolute atomic E-state index is 0.675. The van der Waals surface area contributed by atoms with Gasteiger partial charge in [0.25, 0.3) is 0 Å². The lowest BCUT2D eigenvalue weighted by Crippen LogP contribution is -1.95. The van der Waals surface area contributed by atoms with E-state index >= 15 is 0 Å². The lowest BCUT2D eigenvalue weighted by Gasteiger charge is -2.08. The molecule has 3 heteroatoms. The van der Waals surface area contributed by atoms with Crippen LogP contribution in [-0.2, 0) is 0 Å². The van der Waals surface area contributed by atoms with Gasteiger partial charge in [0, 0.05) is 11.9 Å². The zero-order chi connectivity index (χ0) is 11.0. The molecule has 0 saturated carbocycles. The number of aliphatic imine (C=N–C) groups is 1. The Hall–Kier alpha value is -2.29. The van der Waals surface area contributed by atoms with Crippen LogP contribution in [0.25, 0.3) is 0 Å². The summed E-state index contributed by atoms with van der Waals surface area (Å²) >= 11 is 0. The second kappa shape index (κ2) is 3.38. The van der Waals surface area contributed by atoms with Crippen molar-refractivity contribution in [2.45, 2.75) is 0 Å². The summed E-state index contributed by atoms with van der Waals surface area (Å²) in [5, 5.41) is 0. The number of anilines is 1. The summed E-state index contributed by atoms with van der Waals surface area (Å²) in [6.45, 7) is 0. The average Bonchev–Trinajstić information content (AvgIpc) is 2.48. The Morgan fingerprint density at radius 3 is 2.69 bits per heavy atom. The van der Waals surface area contributed by atoms with E-state index in [1.54, 1.807) is 6.21 Å². The standard InChI is InChI=1S/C13H10N2O/c14-10-4-3-7-12-9(10)8-15-11-5-1-2-6-13(11)16-12/h1-8H,14H2. The summed E-state index contributed by atoms with van der Waals surface area (Å²) in [7, 11) is 0. The van der Waals surface area contributed by atoms with Gasteiger partial charge >= 0.3 is 0 Å². The predicted octanol–water partition coefficient (Wildman–Crippen LogP) is 3.13. The van der Waals surface area contributed by atoms with Crippen molar-refractivity contribution in [3.05, 3.63) is 48.0 Å². The molecule has 0 saturated heterocycles. The average molecular weight is 210 g/mol. The minimum Gasteiger partial charge on any atom is -0.454 e. The largest absolute Gasteiger partial charge is 0.454 e. The Morgan fingerprint density at radius 1 is 0.938 bits per heavy atom. The monoisotopic (exact) mass is 210 g/mol. The van der Waals surface area contributed by atoms with Crippen molar-refractivity contribution in [3.8, 4) is 11.5 Å². The molecule has 3 nitrogen and oxygen atoms in total. The number of hydrogen-bond acceptors (Lipinski definition) is 3. The molecule has 16 heavy (non-hydrogen) atoms. The highest BCUT2D eigenvalue weighted by Gasteiger charge is 2.12. The number of para-hydroxylation sites is 2. The number of rotatable bonds is 0. The Balaban J connectivity index is 2.21. The van der Waals surface area contributed by atoms with Gasteiger partial charge in [-0.2, -0.15) is 0 Å². The van der Waals surface area contributed by atoms with Gasteiger partial charge in [0.2, 0.25) is 0 Å². The number of nitrogen functional groups attached to an aromatic ring is 1. The molecule has 0 spiro atoms. The summed E-state index contributed by atoms with van der Waals surface area (Å²) in [6, 6.07) is 13.3. The fourth-order valence-corrected chi connectivity index (χ4v) is 1.69. The van der Waals surface area contributed by atoms with Crippen LogP contribution in [0.3, 0.4) is 0 Å². The molecule has 1 heterocycles. The van der Waals surface area contributed by atoms with Gasteiger partial charge in [-0.05, 0) is 24.3 Å². The minimum atomic E-state index is 0.675. The first-order valence-corrected chi connectivity index (χ1v) is 5.04. The van der Waals surface area contributed by atoms with E-state index in [0.29, 0.717) is 5.69 Å². The smallest absolute Gasteiger partial charge is 0.153 e. The van der Waals surface area contributed by atoms with Crippen LogP contribution < -0.4 is 10.5 Å². The van der Waals surface area contributed by atoms with Crippen molar-refractivity contribution in [2.75, 3.05) is 5.73 Å². The van der Waals surface area contributed by atoms with E-state index in [1.807, 2.05) is 42.5 Å². The van der Waals surface area contributed by atoms with E-state index in [-0.39, 0.29) is 0 Å². The number of nitrogens with two attached hydrogens (primary N) is 1. The van der Waals surface area contributed by atoms with Crippen molar-refractivity contribution < 1.29 is 4.74 Å². The van der Waals surface area contributed by atoms with Gasteiger partial charge in [0.05, 0.1) is 5.56 Å². The first-order valence-electron chi connectivity index (χ1n) is 5.04. The molecule has 0 amide bonds. The summed E-state index contributed by atoms with van der Waals surface area (Å²) < 4.78 is 5.78. The number of nitrogens with zero attached hydrogens (tertiary/aromatic N) is 1. The summed E-state index contributed by atoms with van der Waals surface area (Å²) in [6.07, 6.45) is 1.75. The highest BCUT2D eigenvalue weighted by molar-refractivity contribution is 5.93. The van der Waals surface area contributed by atoms with Gasteiger partial charge in [0.15, 0.2) is 5.75 Å². The third-order valence-electron chi connectivity index (χ3n) is 2.52. The van der Waals surface area contributed by atoms with Gasteiger partial charge in [-0.15, -0.1) is 0 Å². The molecular formula is C13H10N2O. The molecule has 1 aliphatic rings. The SMILES string of the molecule is Nc1cccc2c1C=Nc1ccccc1O2. The summed E-state index contributed by atoms with van der Waals surface area (Å²) in [5.74, 6) is 1.50. The molecule has 0 aromatic heterocycles. The van der Waals surface area contributed by atoms with Crippen LogP contribution in [0.1, 0.15) is 5.56 Å². The number of ether oxygens (including phenoxy) is 1. The second-order valence-corrected chi connectivity index (χ2v) is 3.59. The van der Waals surface area contributed by atoms with E-state index in [2.05, 4.69) is 4.99 Å². The fourth-order valence-electron chi connectivity index (χ4n) is 1.69. The Labute approximate surface area is 93.2 Å². The fraction of sp³-hybridized carbons (Fsp3) is 0. The van der Waals surface area contributed by atoms with Crippen molar-refractivity contribution >= 4 is 17.6 Å². The predicted molar refractivity (Wildman–Crippen MR) is 64.6 cm³/mol. The van der Waals surface area contributed by atoms with E-state index in [4.69, 9.17) is 10.5 Å². The van der Waals surface area contributed by atoms with Crippen LogP contribution >= 0.6 is 0 Å². The lowest BCUT2D eigenvalue weighted by atomic mass is 10.2. The maximum absolute atomic E-state index is 5.87. The van der Waals surface area contributed by atoms with Crippen molar-refractivity contribution in [2.24, 2.45) is 4.99 Å². The zero-order valence-electron chi connectivity index (χ0n) is 8.55. The van der Waals surface area contributed by atoms with Gasteiger partial charge in [0.1, 0.15) is 11.4 Å². The van der Waals surface area contributed by atoms with E-state index in [0.717, 1.165) is 22.7 Å². The molecule has 3 rings (SSSR count). The van der Waals surface area contributed by atoms with Crippen LogP contribution in [0.4, 0.5) is 11.4 Å². The van der Waals surface area contributed by atoms with Gasteiger partial charge in [-0.25, -0.2) is 0 Å². The quantitative estimate of drug-likeness (QED) is 0.579. The number of hydrogen-bond donors (Lipinski definition) is 1. The molecule has 78 valence electrons. The van der Waals surface area contributed by atoms with Crippen LogP contribution in [0.15, 0.2) is 47.5 Å². The molecule has 0 aliphatic carbocycles. The molecule has 2 N–H and O–H groups in total. The third-order valence-corrected chi connectivity index (χ3v) is 2.52. The number of benzene rings is 2. The molecule has 0 unspecified atom stereocenters. The molecule has 0 fully saturated rings. The van der Waals surface area contributed by atoms with Crippen molar-refractivity contribution in [1.82, 2.24) is 0 Å². The third kappa shape index (κ3) is 1.34. The second-order valence-electron chi connectivity index (χ2n) is 3.59. The number of fused-ring (bicyclic) bond motifs is 2. The lowest BCUT2D eigenvalue weighted by molar-refractivity contribution is 0.485. The molecule has 0 bridgehead atoms. The van der Waals surface area contributed by atoms with Gasteiger partial charge in [-0.3, -0.25) is 4.99 Å². The van der Waals surface area contributed by atoms with Gasteiger partial charge < -0.3 is 10.5 Å². The van der Waals surface area contributed by atoms with E-state index < -0.39 is 0 Å². The van der Waals surface area contributed by atoms with E-state index in [1.165, 1.54) is 0 Å². The van der Waals surface area contributed by atoms with Gasteiger partial charge in [-0.1, -0.05) is 18.2 Å². The first kappa shape index (κ1) is 8.97. The molecule has 2 aromatic carbocycles. The molecule has 0 radical (unpaired) electrons. The molecular weight excluding hydrogens is 200 g/mol. The van der Waals surface area contributed by atoms with Crippen LogP contribution in [0.2, 0.25) is 0 Å². The Bertz CT molecular complexity index is 576. The highest BCUT2D eigenvalue weighted by atomic mass is 16.5. The summed E-state index contributed by atoms with van der Waals surface area (Å²) in [4.78, 5) is 4.36. The first-order chi connectivity index (χ1) is 7.84.